The van der Waals surface area contributed by atoms with Gasteiger partial charge < -0.3 is 41.9 Å². The summed E-state index contributed by atoms with van der Waals surface area (Å²) in [4.78, 5) is 44.4. The van der Waals surface area contributed by atoms with Crippen molar-refractivity contribution in [3.8, 4) is 0 Å². The van der Waals surface area contributed by atoms with Crippen LogP contribution in [0.4, 0.5) is 0 Å². The van der Waals surface area contributed by atoms with Crippen LogP contribution in [0.15, 0.2) is 0 Å². The molecular formula is C44H86N4O6Zn. The molecule has 2 unspecified atom stereocenters. The maximum Gasteiger partial charge on any atom is 2.00 e. The molecule has 0 aliphatic carbocycles. The summed E-state index contributed by atoms with van der Waals surface area (Å²) in [6.07, 6.45) is 38.8. The molecule has 2 amide bonds. The Balaban J connectivity index is -0.000000966. The average molecular weight is 833 g/mol. The maximum absolute atomic E-state index is 11.7. The molecule has 0 rings (SSSR count). The molecule has 0 heterocycles. The predicted octanol–water partition coefficient (Wildman–Crippen LogP) is 7.66. The van der Waals surface area contributed by atoms with E-state index in [0.717, 1.165) is 38.5 Å². The molecule has 55 heavy (non-hydrogen) atoms. The minimum Gasteiger partial charge on any atom is -0.548 e. The number of hydrogen-bond donors (Lipinski definition) is 4. The van der Waals surface area contributed by atoms with Crippen LogP contribution in [-0.2, 0) is 38.7 Å². The fourth-order valence-electron chi connectivity index (χ4n) is 6.45. The molecule has 0 fully saturated rings. The van der Waals surface area contributed by atoms with Crippen LogP contribution in [0.2, 0.25) is 0 Å². The summed E-state index contributed by atoms with van der Waals surface area (Å²) < 4.78 is 0. The Hall–Kier alpha value is -1.58. The summed E-state index contributed by atoms with van der Waals surface area (Å²) >= 11 is 0. The second kappa shape index (κ2) is 46.8. The van der Waals surface area contributed by atoms with E-state index in [4.69, 9.17) is 11.5 Å². The topological polar surface area (TPSA) is 190 Å². The van der Waals surface area contributed by atoms with Crippen molar-refractivity contribution in [2.75, 3.05) is 13.1 Å². The van der Waals surface area contributed by atoms with Gasteiger partial charge in [-0.1, -0.05) is 168 Å². The molecule has 0 aromatic carbocycles. The van der Waals surface area contributed by atoms with E-state index in [9.17, 15) is 29.4 Å². The van der Waals surface area contributed by atoms with Gasteiger partial charge in [0, 0.05) is 38.0 Å². The zero-order valence-corrected chi connectivity index (χ0v) is 38.9. The fraction of sp³-hybridized carbons (Fsp3) is 0.909. The number of carbonyl (C=O) groups is 4. The zero-order chi connectivity index (χ0) is 40.3. The molecule has 0 aromatic heterocycles. The zero-order valence-electron chi connectivity index (χ0n) is 35.9. The molecule has 0 aliphatic rings. The molecule has 0 saturated heterocycles. The van der Waals surface area contributed by atoms with E-state index >= 15 is 0 Å². The standard InChI is InChI=1S/2C22H44N2O3.Zn/c2*1-2-3-4-5-6-7-8-9-10-11-12-13-14-18-21(25)24-19-16-15-17-20(23)22(26)27;/h2*20H,2-19,23H2,1H3,(H,24,25)(H,26,27);/q;;+2/p-2. The van der Waals surface area contributed by atoms with E-state index < -0.39 is 24.0 Å². The number of carbonyl (C=O) groups excluding carboxylic acids is 4. The average Bonchev–Trinajstić information content (AvgIpc) is 3.15. The van der Waals surface area contributed by atoms with Crippen LogP contribution in [0.1, 0.15) is 232 Å². The van der Waals surface area contributed by atoms with Crippen molar-refractivity contribution in [1.82, 2.24) is 10.6 Å². The summed E-state index contributed by atoms with van der Waals surface area (Å²) in [7, 11) is 0. The van der Waals surface area contributed by atoms with Crippen LogP contribution in [0.25, 0.3) is 0 Å². The van der Waals surface area contributed by atoms with Crippen molar-refractivity contribution in [3.05, 3.63) is 0 Å². The molecule has 0 radical (unpaired) electrons. The van der Waals surface area contributed by atoms with Gasteiger partial charge in [-0.2, -0.15) is 0 Å². The molecule has 0 aromatic rings. The molecule has 0 aliphatic heterocycles. The van der Waals surface area contributed by atoms with Crippen molar-refractivity contribution in [3.63, 3.8) is 0 Å². The molecule has 2 atom stereocenters. The van der Waals surface area contributed by atoms with Crippen LogP contribution in [0.5, 0.6) is 0 Å². The van der Waals surface area contributed by atoms with E-state index in [0.29, 0.717) is 51.6 Å². The minimum absolute atomic E-state index is 0. The van der Waals surface area contributed by atoms with Gasteiger partial charge in [0.2, 0.25) is 11.8 Å². The summed E-state index contributed by atoms with van der Waals surface area (Å²) in [5, 5.41) is 26.7. The summed E-state index contributed by atoms with van der Waals surface area (Å²) in [6.45, 7) is 5.71. The van der Waals surface area contributed by atoms with Crippen LogP contribution >= 0.6 is 0 Å². The van der Waals surface area contributed by atoms with Gasteiger partial charge in [0.15, 0.2) is 0 Å². The van der Waals surface area contributed by atoms with Crippen molar-refractivity contribution in [1.29, 1.82) is 0 Å². The Morgan fingerprint density at radius 1 is 0.400 bits per heavy atom. The third-order valence-corrected chi connectivity index (χ3v) is 10.1. The number of amides is 2. The molecule has 0 bridgehead atoms. The van der Waals surface area contributed by atoms with E-state index in [1.807, 2.05) is 0 Å². The number of nitrogens with two attached hydrogens (primary N) is 2. The van der Waals surface area contributed by atoms with Gasteiger partial charge in [-0.15, -0.1) is 0 Å². The molecular weight excluding hydrogens is 746 g/mol. The number of unbranched alkanes of at least 4 members (excludes halogenated alkanes) is 26. The van der Waals surface area contributed by atoms with Crippen LogP contribution in [0.3, 0.4) is 0 Å². The minimum atomic E-state index is -1.21. The third kappa shape index (κ3) is 48.5. The first-order valence-electron chi connectivity index (χ1n) is 22.6. The molecule has 0 spiro atoms. The number of carboxylic acid groups (broad SMARTS) is 2. The van der Waals surface area contributed by atoms with Gasteiger partial charge in [0.05, 0.1) is 11.9 Å². The first-order valence-corrected chi connectivity index (χ1v) is 22.6. The van der Waals surface area contributed by atoms with Gasteiger partial charge in [-0.25, -0.2) is 0 Å². The summed E-state index contributed by atoms with van der Waals surface area (Å²) in [6, 6.07) is -1.79. The van der Waals surface area contributed by atoms with E-state index in [-0.39, 0.29) is 31.3 Å². The van der Waals surface area contributed by atoms with E-state index in [1.165, 1.54) is 141 Å². The Morgan fingerprint density at radius 2 is 0.636 bits per heavy atom. The molecule has 6 N–H and O–H groups in total. The maximum atomic E-state index is 11.7. The van der Waals surface area contributed by atoms with Crippen LogP contribution in [0, 0.1) is 0 Å². The van der Waals surface area contributed by atoms with E-state index in [2.05, 4.69) is 24.5 Å². The first-order chi connectivity index (χ1) is 26.1. The van der Waals surface area contributed by atoms with Crippen molar-refractivity contribution in [2.24, 2.45) is 11.5 Å². The quantitative estimate of drug-likeness (QED) is 0.0357. The smallest absolute Gasteiger partial charge is 0.548 e. The SMILES string of the molecule is CCCCCCCCCCCCCCCC(=O)NCCCCC(N)C(=O)[O-].CCCCCCCCCCCCCCCC(=O)NCCCCC(N)C(=O)[O-].[Zn+2]. The normalized spacial score (nSPS) is 11.9. The second-order valence-electron chi connectivity index (χ2n) is 15.5. The van der Waals surface area contributed by atoms with Crippen molar-refractivity contribution >= 4 is 23.8 Å². The van der Waals surface area contributed by atoms with Crippen molar-refractivity contribution in [2.45, 2.75) is 244 Å². The summed E-state index contributed by atoms with van der Waals surface area (Å²) in [5.74, 6) is -2.22. The molecule has 11 heteroatoms. The Kier molecular flexibility index (Phi) is 49.1. The fourth-order valence-corrected chi connectivity index (χ4v) is 6.45. The molecule has 10 nitrogen and oxygen atoms in total. The molecule has 320 valence electrons. The number of carboxylic acids is 2. The first kappa shape index (κ1) is 57.7. The number of rotatable bonds is 40. The van der Waals surface area contributed by atoms with Gasteiger partial charge in [-0.05, 0) is 51.4 Å². The third-order valence-electron chi connectivity index (χ3n) is 10.1. The number of hydrogen-bond acceptors (Lipinski definition) is 8. The van der Waals surface area contributed by atoms with Gasteiger partial charge >= 0.3 is 19.5 Å². The molecule has 0 saturated carbocycles. The van der Waals surface area contributed by atoms with Gasteiger partial charge in [-0.3, -0.25) is 9.59 Å². The van der Waals surface area contributed by atoms with E-state index in [1.54, 1.807) is 0 Å². The van der Waals surface area contributed by atoms with Crippen LogP contribution in [-0.4, -0.2) is 48.9 Å². The second-order valence-corrected chi connectivity index (χ2v) is 15.5. The summed E-state index contributed by atoms with van der Waals surface area (Å²) in [5.41, 5.74) is 10.7. The monoisotopic (exact) mass is 831 g/mol. The largest absolute Gasteiger partial charge is 2.00 e. The number of aliphatic carboxylic acids is 2. The van der Waals surface area contributed by atoms with Gasteiger partial charge in [0.1, 0.15) is 0 Å². The Morgan fingerprint density at radius 3 is 0.873 bits per heavy atom. The van der Waals surface area contributed by atoms with Gasteiger partial charge in [0.25, 0.3) is 0 Å². The Labute approximate surface area is 350 Å². The number of nitrogens with one attached hydrogen (secondary N) is 2. The van der Waals surface area contributed by atoms with Crippen LogP contribution < -0.4 is 32.3 Å². The van der Waals surface area contributed by atoms with Crippen molar-refractivity contribution < 1.29 is 48.9 Å². The predicted molar refractivity (Wildman–Crippen MR) is 220 cm³/mol. The Bertz CT molecular complexity index is 798.